The number of aromatic nitrogens is 5. The van der Waals surface area contributed by atoms with E-state index in [9.17, 15) is 0 Å². The minimum absolute atomic E-state index is 0.521. The fraction of sp³-hybridized carbons (Fsp3) is 0. The molecule has 0 N–H and O–H groups in total. The molecular weight excluding hydrogens is 639 g/mol. The molecule has 0 saturated carbocycles. The Hall–Kier alpha value is -7.18. The Kier molecular flexibility index (Phi) is 6.15. The van der Waals surface area contributed by atoms with Gasteiger partial charge in [0, 0.05) is 33.3 Å². The van der Waals surface area contributed by atoms with Crippen LogP contribution in [0.1, 0.15) is 0 Å². The molecule has 52 heavy (non-hydrogen) atoms. The summed E-state index contributed by atoms with van der Waals surface area (Å²) in [6.45, 7) is 0. The summed E-state index contributed by atoms with van der Waals surface area (Å²) in [6.07, 6.45) is 1.75. The smallest absolute Gasteiger partial charge is 0.238 e. The molecule has 0 atom stereocenters. The van der Waals surface area contributed by atoms with Gasteiger partial charge in [0.15, 0.2) is 11.6 Å². The first-order chi connectivity index (χ1) is 25.8. The number of hydrogen-bond acceptors (Lipinski definition) is 5. The molecule has 0 fully saturated rings. The van der Waals surface area contributed by atoms with E-state index in [1.165, 1.54) is 5.39 Å². The SMILES string of the molecule is c1ccc(-c2ccc(-c3nc(-c4cccc5c4oc4ncccc45)nc(-n4c5ccccc5c5cc6ccccc6cc54)n3)c3ccccc23)cc1. The van der Waals surface area contributed by atoms with Crippen LogP contribution in [0.25, 0.3) is 105 Å². The summed E-state index contributed by atoms with van der Waals surface area (Å²) in [5.41, 5.74) is 7.33. The molecule has 4 heterocycles. The lowest BCUT2D eigenvalue weighted by Crippen LogP contribution is -2.06. The number of para-hydroxylation sites is 2. The Morgan fingerprint density at radius 3 is 1.92 bits per heavy atom. The van der Waals surface area contributed by atoms with Crippen molar-refractivity contribution in [2.24, 2.45) is 0 Å². The Bertz CT molecular complexity index is 3200. The number of rotatable bonds is 4. The van der Waals surface area contributed by atoms with Crippen molar-refractivity contribution in [1.29, 1.82) is 0 Å². The maximum atomic E-state index is 6.42. The van der Waals surface area contributed by atoms with Gasteiger partial charge in [0.05, 0.1) is 16.6 Å². The van der Waals surface area contributed by atoms with E-state index in [0.717, 1.165) is 71.0 Å². The highest BCUT2D eigenvalue weighted by Gasteiger charge is 2.22. The van der Waals surface area contributed by atoms with Crippen LogP contribution >= 0.6 is 0 Å². The molecule has 11 rings (SSSR count). The lowest BCUT2D eigenvalue weighted by Gasteiger charge is -2.14. The van der Waals surface area contributed by atoms with Gasteiger partial charge >= 0.3 is 0 Å². The van der Waals surface area contributed by atoms with E-state index in [2.05, 4.69) is 137 Å². The zero-order valence-electron chi connectivity index (χ0n) is 27.7. The molecule has 0 saturated heterocycles. The molecule has 0 aliphatic carbocycles. The maximum Gasteiger partial charge on any atom is 0.238 e. The van der Waals surface area contributed by atoms with Crippen molar-refractivity contribution < 1.29 is 4.42 Å². The monoisotopic (exact) mass is 665 g/mol. The number of furan rings is 1. The Labute approximate surface area is 297 Å². The molecule has 0 aliphatic heterocycles. The van der Waals surface area contributed by atoms with Crippen molar-refractivity contribution in [1.82, 2.24) is 24.5 Å². The molecule has 6 heteroatoms. The maximum absolute atomic E-state index is 6.42. The van der Waals surface area contributed by atoms with Gasteiger partial charge in [-0.05, 0) is 75.1 Å². The van der Waals surface area contributed by atoms with Crippen molar-refractivity contribution in [3.8, 4) is 39.9 Å². The first kappa shape index (κ1) is 28.6. The highest BCUT2D eigenvalue weighted by atomic mass is 16.3. The molecule has 0 spiro atoms. The van der Waals surface area contributed by atoms with Gasteiger partial charge in [0.25, 0.3) is 0 Å². The summed E-state index contributed by atoms with van der Waals surface area (Å²) in [6, 6.07) is 54.8. The van der Waals surface area contributed by atoms with Crippen LogP contribution in [0, 0.1) is 0 Å². The van der Waals surface area contributed by atoms with Crippen LogP contribution in [-0.2, 0) is 0 Å². The van der Waals surface area contributed by atoms with Gasteiger partial charge in [0.1, 0.15) is 5.58 Å². The van der Waals surface area contributed by atoms with Crippen LogP contribution in [0.5, 0.6) is 0 Å². The third-order valence-electron chi connectivity index (χ3n) is 10.1. The van der Waals surface area contributed by atoms with E-state index < -0.39 is 0 Å². The summed E-state index contributed by atoms with van der Waals surface area (Å²) < 4.78 is 8.59. The Morgan fingerprint density at radius 2 is 1.08 bits per heavy atom. The van der Waals surface area contributed by atoms with E-state index in [1.807, 2.05) is 30.3 Å². The van der Waals surface area contributed by atoms with Crippen LogP contribution in [0.4, 0.5) is 0 Å². The van der Waals surface area contributed by atoms with Gasteiger partial charge in [0.2, 0.25) is 11.7 Å². The van der Waals surface area contributed by atoms with E-state index >= 15 is 0 Å². The van der Waals surface area contributed by atoms with Crippen LogP contribution in [0.2, 0.25) is 0 Å². The Balaban J connectivity index is 1.24. The topological polar surface area (TPSA) is 69.6 Å². The van der Waals surface area contributed by atoms with Crippen LogP contribution in [-0.4, -0.2) is 24.5 Å². The molecule has 11 aromatic rings. The molecule has 0 bridgehead atoms. The zero-order chi connectivity index (χ0) is 34.2. The largest absolute Gasteiger partial charge is 0.437 e. The van der Waals surface area contributed by atoms with E-state index in [-0.39, 0.29) is 0 Å². The van der Waals surface area contributed by atoms with Gasteiger partial charge in [-0.2, -0.15) is 9.97 Å². The fourth-order valence-corrected chi connectivity index (χ4v) is 7.75. The highest BCUT2D eigenvalue weighted by molar-refractivity contribution is 6.14. The average molecular weight is 666 g/mol. The lowest BCUT2D eigenvalue weighted by molar-refractivity contribution is 0.654. The summed E-state index contributed by atoms with van der Waals surface area (Å²) in [7, 11) is 0. The summed E-state index contributed by atoms with van der Waals surface area (Å²) in [5, 5.41) is 8.71. The van der Waals surface area contributed by atoms with Crippen LogP contribution in [0.3, 0.4) is 0 Å². The second-order valence-corrected chi connectivity index (χ2v) is 13.1. The van der Waals surface area contributed by atoms with Gasteiger partial charge in [-0.3, -0.25) is 4.57 Å². The third kappa shape index (κ3) is 4.31. The normalized spacial score (nSPS) is 11.8. The molecule has 6 nitrogen and oxygen atoms in total. The number of pyridine rings is 1. The Morgan fingerprint density at radius 1 is 0.423 bits per heavy atom. The molecule has 0 aliphatic rings. The minimum atomic E-state index is 0.521. The van der Waals surface area contributed by atoms with Gasteiger partial charge < -0.3 is 4.42 Å². The summed E-state index contributed by atoms with van der Waals surface area (Å²) >= 11 is 0. The molecule has 242 valence electrons. The van der Waals surface area contributed by atoms with Crippen molar-refractivity contribution in [2.75, 3.05) is 0 Å². The zero-order valence-corrected chi connectivity index (χ0v) is 27.7. The molecular formula is C46H27N5O. The van der Waals surface area contributed by atoms with Crippen molar-refractivity contribution in [3.63, 3.8) is 0 Å². The number of fused-ring (bicyclic) bond motifs is 8. The molecule has 4 aromatic heterocycles. The number of hydrogen-bond donors (Lipinski definition) is 0. The van der Waals surface area contributed by atoms with Crippen molar-refractivity contribution in [2.45, 2.75) is 0 Å². The highest BCUT2D eigenvalue weighted by Crippen LogP contribution is 2.39. The molecule has 0 amide bonds. The lowest BCUT2D eigenvalue weighted by atomic mass is 9.95. The predicted octanol–water partition coefficient (Wildman–Crippen LogP) is 11.6. The number of benzene rings is 7. The standard InChI is InChI=1S/C46H27N5O/c1-2-12-28(13-3-1)31-23-24-36(33-17-7-6-16-32(31)33)43-48-44(38-20-10-19-35-37-21-11-25-47-45(37)52-42(35)38)50-46(49-43)51-40-22-9-8-18-34(40)39-26-29-14-4-5-15-30(29)27-41(39)51/h1-27H. The van der Waals surface area contributed by atoms with Crippen molar-refractivity contribution in [3.05, 3.63) is 164 Å². The molecule has 0 radical (unpaired) electrons. The fourth-order valence-electron chi connectivity index (χ4n) is 7.75. The van der Waals surface area contributed by atoms with Crippen molar-refractivity contribution >= 4 is 65.4 Å². The van der Waals surface area contributed by atoms with Gasteiger partial charge in [-0.1, -0.05) is 115 Å². The van der Waals surface area contributed by atoms with E-state index in [4.69, 9.17) is 19.4 Å². The predicted molar refractivity (Wildman–Crippen MR) is 211 cm³/mol. The first-order valence-electron chi connectivity index (χ1n) is 17.3. The van der Waals surface area contributed by atoms with Gasteiger partial charge in [-0.15, -0.1) is 0 Å². The van der Waals surface area contributed by atoms with E-state index in [1.54, 1.807) is 6.20 Å². The van der Waals surface area contributed by atoms with Crippen LogP contribution in [0.15, 0.2) is 168 Å². The average Bonchev–Trinajstić information content (AvgIpc) is 3.75. The summed E-state index contributed by atoms with van der Waals surface area (Å²) in [4.78, 5) is 20.4. The quantitative estimate of drug-likeness (QED) is 0.187. The summed E-state index contributed by atoms with van der Waals surface area (Å²) in [5.74, 6) is 1.63. The van der Waals surface area contributed by atoms with E-state index in [0.29, 0.717) is 28.9 Å². The molecule has 0 unspecified atom stereocenters. The second kappa shape index (κ2) is 11.2. The van der Waals surface area contributed by atoms with Gasteiger partial charge in [-0.25, -0.2) is 9.97 Å². The third-order valence-corrected chi connectivity index (χ3v) is 10.1. The number of nitrogens with zero attached hydrogens (tertiary/aromatic N) is 5. The molecule has 7 aromatic carbocycles. The minimum Gasteiger partial charge on any atom is -0.437 e. The first-order valence-corrected chi connectivity index (χ1v) is 17.3. The second-order valence-electron chi connectivity index (χ2n) is 13.1. The van der Waals surface area contributed by atoms with Crippen LogP contribution < -0.4 is 0 Å².